The molecule has 5 heteroatoms. The van der Waals surface area contributed by atoms with Gasteiger partial charge in [-0.25, -0.2) is 15.0 Å². The van der Waals surface area contributed by atoms with E-state index in [9.17, 15) is 0 Å². The fraction of sp³-hybridized carbons (Fsp3) is 0.300. The van der Waals surface area contributed by atoms with Crippen molar-refractivity contribution in [3.63, 3.8) is 0 Å². The van der Waals surface area contributed by atoms with E-state index in [1.54, 1.807) is 18.7 Å². The summed E-state index contributed by atoms with van der Waals surface area (Å²) in [6.07, 6.45) is 5.10. The maximum Gasteiger partial charge on any atom is 0.165 e. The lowest BCUT2D eigenvalue weighted by Gasteiger charge is -2.02. The summed E-state index contributed by atoms with van der Waals surface area (Å²) < 4.78 is 1.98. The predicted octanol–water partition coefficient (Wildman–Crippen LogP) is 1.44. The number of aryl methyl sites for hydroxylation is 1. The van der Waals surface area contributed by atoms with Gasteiger partial charge in [0.2, 0.25) is 0 Å². The van der Waals surface area contributed by atoms with Crippen LogP contribution in [-0.4, -0.2) is 26.1 Å². The fourth-order valence-electron chi connectivity index (χ4n) is 1.41. The van der Waals surface area contributed by atoms with E-state index in [2.05, 4.69) is 33.8 Å². The van der Waals surface area contributed by atoms with E-state index in [-0.39, 0.29) is 0 Å². The molecule has 0 aliphatic rings. The molecule has 1 N–H and O–H groups in total. The van der Waals surface area contributed by atoms with Gasteiger partial charge >= 0.3 is 0 Å². The first-order chi connectivity index (χ1) is 7.36. The van der Waals surface area contributed by atoms with Gasteiger partial charge in [-0.2, -0.15) is 0 Å². The Labute approximate surface area is 87.9 Å². The van der Waals surface area contributed by atoms with Crippen molar-refractivity contribution in [3.05, 3.63) is 25.3 Å². The molecule has 0 unspecified atom stereocenters. The molecule has 2 heterocycles. The van der Waals surface area contributed by atoms with Crippen LogP contribution in [0.5, 0.6) is 0 Å². The highest BCUT2D eigenvalue weighted by Gasteiger charge is 2.07. The van der Waals surface area contributed by atoms with Crippen LogP contribution in [0.1, 0.15) is 6.92 Å². The van der Waals surface area contributed by atoms with Gasteiger partial charge in [-0.1, -0.05) is 6.08 Å². The zero-order chi connectivity index (χ0) is 10.7. The van der Waals surface area contributed by atoms with Gasteiger partial charge in [0, 0.05) is 13.1 Å². The van der Waals surface area contributed by atoms with Crippen molar-refractivity contribution in [2.24, 2.45) is 0 Å². The van der Waals surface area contributed by atoms with Crippen LogP contribution in [0.15, 0.2) is 25.3 Å². The number of nitrogens with zero attached hydrogens (tertiary/aromatic N) is 4. The molecule has 0 atom stereocenters. The van der Waals surface area contributed by atoms with Crippen molar-refractivity contribution in [3.8, 4) is 0 Å². The van der Waals surface area contributed by atoms with E-state index >= 15 is 0 Å². The quantitative estimate of drug-likeness (QED) is 0.764. The molecular formula is C10H13N5. The van der Waals surface area contributed by atoms with Gasteiger partial charge in [0.25, 0.3) is 0 Å². The van der Waals surface area contributed by atoms with Crippen LogP contribution in [0.3, 0.4) is 0 Å². The Morgan fingerprint density at radius 2 is 2.33 bits per heavy atom. The monoisotopic (exact) mass is 203 g/mol. The number of fused-ring (bicyclic) bond motifs is 1. The Hall–Kier alpha value is -1.91. The highest BCUT2D eigenvalue weighted by atomic mass is 15.1. The Morgan fingerprint density at radius 1 is 1.47 bits per heavy atom. The first kappa shape index (κ1) is 9.64. The second-order valence-corrected chi connectivity index (χ2v) is 3.09. The van der Waals surface area contributed by atoms with Crippen molar-refractivity contribution in [1.82, 2.24) is 19.5 Å². The van der Waals surface area contributed by atoms with E-state index in [0.29, 0.717) is 6.54 Å². The van der Waals surface area contributed by atoms with Crippen molar-refractivity contribution >= 4 is 17.0 Å². The van der Waals surface area contributed by atoms with Crippen LogP contribution in [0, 0.1) is 0 Å². The molecule has 2 rings (SSSR count). The van der Waals surface area contributed by atoms with E-state index in [1.165, 1.54) is 0 Å². The molecule has 0 saturated carbocycles. The molecule has 0 amide bonds. The third-order valence-electron chi connectivity index (χ3n) is 2.16. The lowest BCUT2D eigenvalue weighted by Crippen LogP contribution is -2.02. The standard InChI is InChI=1S/C10H13N5/c1-3-5-11-9-8-10(13-6-12-9)15(4-2)7-14-8/h3,6-7H,1,4-5H2,2H3,(H,11,12,13). The van der Waals surface area contributed by atoms with Gasteiger partial charge < -0.3 is 9.88 Å². The summed E-state index contributed by atoms with van der Waals surface area (Å²) in [7, 11) is 0. The van der Waals surface area contributed by atoms with Crippen LogP contribution in [0.4, 0.5) is 5.82 Å². The maximum absolute atomic E-state index is 4.28. The van der Waals surface area contributed by atoms with Gasteiger partial charge in [-0.15, -0.1) is 6.58 Å². The smallest absolute Gasteiger partial charge is 0.165 e. The number of rotatable bonds is 4. The van der Waals surface area contributed by atoms with Crippen molar-refractivity contribution < 1.29 is 0 Å². The first-order valence-corrected chi connectivity index (χ1v) is 4.87. The number of hydrogen-bond donors (Lipinski definition) is 1. The molecular weight excluding hydrogens is 190 g/mol. The number of imidazole rings is 1. The molecule has 0 saturated heterocycles. The molecule has 2 aromatic heterocycles. The second-order valence-electron chi connectivity index (χ2n) is 3.09. The normalized spacial score (nSPS) is 10.5. The Kier molecular flexibility index (Phi) is 2.62. The van der Waals surface area contributed by atoms with Gasteiger partial charge in [-0.3, -0.25) is 0 Å². The maximum atomic E-state index is 4.28. The Balaban J connectivity index is 2.47. The van der Waals surface area contributed by atoms with E-state index in [0.717, 1.165) is 23.5 Å². The minimum atomic E-state index is 0.672. The number of nitrogens with one attached hydrogen (secondary N) is 1. The summed E-state index contributed by atoms with van der Waals surface area (Å²) in [5, 5.41) is 3.13. The molecule has 15 heavy (non-hydrogen) atoms. The SMILES string of the molecule is C=CCNc1ncnc2c1ncn2CC. The third kappa shape index (κ3) is 1.68. The highest BCUT2D eigenvalue weighted by molar-refractivity contribution is 5.82. The molecule has 0 fully saturated rings. The summed E-state index contributed by atoms with van der Waals surface area (Å²) in [6, 6.07) is 0. The average molecular weight is 203 g/mol. The summed E-state index contributed by atoms with van der Waals surface area (Å²) in [5.74, 6) is 0.757. The zero-order valence-electron chi connectivity index (χ0n) is 8.64. The second kappa shape index (κ2) is 4.08. The molecule has 78 valence electrons. The minimum Gasteiger partial charge on any atom is -0.365 e. The van der Waals surface area contributed by atoms with Crippen molar-refractivity contribution in [2.45, 2.75) is 13.5 Å². The first-order valence-electron chi connectivity index (χ1n) is 4.87. The van der Waals surface area contributed by atoms with E-state index in [4.69, 9.17) is 0 Å². The molecule has 0 bridgehead atoms. The van der Waals surface area contributed by atoms with Gasteiger partial charge in [0.1, 0.15) is 11.8 Å². The number of anilines is 1. The van der Waals surface area contributed by atoms with Gasteiger partial charge in [0.05, 0.1) is 6.33 Å². The minimum absolute atomic E-state index is 0.672. The molecule has 0 aliphatic heterocycles. The number of hydrogen-bond acceptors (Lipinski definition) is 4. The highest BCUT2D eigenvalue weighted by Crippen LogP contribution is 2.16. The summed E-state index contributed by atoms with van der Waals surface area (Å²) in [6.45, 7) is 7.23. The molecule has 0 aromatic carbocycles. The molecule has 2 aromatic rings. The predicted molar refractivity (Wildman–Crippen MR) is 59.7 cm³/mol. The van der Waals surface area contributed by atoms with Gasteiger partial charge in [-0.05, 0) is 6.92 Å². The van der Waals surface area contributed by atoms with Crippen LogP contribution in [0.25, 0.3) is 11.2 Å². The van der Waals surface area contributed by atoms with Crippen LogP contribution in [-0.2, 0) is 6.54 Å². The Bertz CT molecular complexity index is 474. The largest absolute Gasteiger partial charge is 0.365 e. The zero-order valence-corrected chi connectivity index (χ0v) is 8.64. The van der Waals surface area contributed by atoms with Gasteiger partial charge in [0.15, 0.2) is 11.5 Å². The number of aromatic nitrogens is 4. The molecule has 0 aliphatic carbocycles. The van der Waals surface area contributed by atoms with E-state index < -0.39 is 0 Å². The van der Waals surface area contributed by atoms with Crippen molar-refractivity contribution in [1.29, 1.82) is 0 Å². The van der Waals surface area contributed by atoms with Crippen molar-refractivity contribution in [2.75, 3.05) is 11.9 Å². The lowest BCUT2D eigenvalue weighted by molar-refractivity contribution is 0.777. The summed E-state index contributed by atoms with van der Waals surface area (Å²) in [4.78, 5) is 12.6. The fourth-order valence-corrected chi connectivity index (χ4v) is 1.41. The van der Waals surface area contributed by atoms with E-state index in [1.807, 2.05) is 4.57 Å². The summed E-state index contributed by atoms with van der Waals surface area (Å²) in [5.41, 5.74) is 1.67. The average Bonchev–Trinajstić information content (AvgIpc) is 2.69. The molecule has 0 radical (unpaired) electrons. The lowest BCUT2D eigenvalue weighted by atomic mass is 10.4. The molecule has 0 spiro atoms. The molecule has 5 nitrogen and oxygen atoms in total. The topological polar surface area (TPSA) is 55.6 Å². The third-order valence-corrected chi connectivity index (χ3v) is 2.16. The van der Waals surface area contributed by atoms with Crippen LogP contribution < -0.4 is 5.32 Å². The van der Waals surface area contributed by atoms with Crippen LogP contribution >= 0.6 is 0 Å². The Morgan fingerprint density at radius 3 is 3.07 bits per heavy atom. The summed E-state index contributed by atoms with van der Waals surface area (Å²) >= 11 is 0. The van der Waals surface area contributed by atoms with Crippen LogP contribution in [0.2, 0.25) is 0 Å².